The summed E-state index contributed by atoms with van der Waals surface area (Å²) in [6.45, 7) is 0. The first kappa shape index (κ1) is 14.1. The SMILES string of the molecule is Fc1cc(F)c(F)c(-n2c(=S)[nH]c3cccc(Cl)c32)c1F. The zero-order chi connectivity index (χ0) is 15.3. The largest absolute Gasteiger partial charge is 0.330 e. The third kappa shape index (κ3) is 2.04. The van der Waals surface area contributed by atoms with Crippen LogP contribution in [-0.2, 0) is 0 Å². The summed E-state index contributed by atoms with van der Waals surface area (Å²) >= 11 is 11.0. The van der Waals surface area contributed by atoms with Crippen molar-refractivity contribution in [3.8, 4) is 5.69 Å². The van der Waals surface area contributed by atoms with E-state index < -0.39 is 29.0 Å². The molecule has 0 aliphatic carbocycles. The number of H-pyrrole nitrogens is 1. The molecule has 1 N–H and O–H groups in total. The van der Waals surface area contributed by atoms with E-state index in [-0.39, 0.29) is 21.4 Å². The fourth-order valence-corrected chi connectivity index (χ4v) is 2.64. The molecule has 0 saturated carbocycles. The Bertz CT molecular complexity index is 906. The Morgan fingerprint density at radius 2 is 1.67 bits per heavy atom. The number of imidazole rings is 1. The number of nitrogens with one attached hydrogen (secondary N) is 1. The molecular formula is C13H5ClF4N2S. The topological polar surface area (TPSA) is 20.7 Å². The van der Waals surface area contributed by atoms with Crippen LogP contribution in [0.4, 0.5) is 17.6 Å². The molecule has 3 aromatic rings. The summed E-state index contributed by atoms with van der Waals surface area (Å²) in [6.07, 6.45) is 0. The van der Waals surface area contributed by atoms with Crippen LogP contribution in [0.5, 0.6) is 0 Å². The number of aromatic amines is 1. The van der Waals surface area contributed by atoms with Gasteiger partial charge >= 0.3 is 0 Å². The van der Waals surface area contributed by atoms with E-state index in [0.717, 1.165) is 4.57 Å². The average molecular weight is 333 g/mol. The molecule has 0 saturated heterocycles. The Morgan fingerprint density at radius 3 is 2.29 bits per heavy atom. The molecule has 21 heavy (non-hydrogen) atoms. The van der Waals surface area contributed by atoms with Crippen molar-refractivity contribution in [3.05, 3.63) is 57.3 Å². The molecule has 0 bridgehead atoms. The summed E-state index contributed by atoms with van der Waals surface area (Å²) in [4.78, 5) is 2.67. The fourth-order valence-electron chi connectivity index (χ4n) is 2.09. The zero-order valence-corrected chi connectivity index (χ0v) is 11.6. The van der Waals surface area contributed by atoms with Crippen LogP contribution in [0.25, 0.3) is 16.7 Å². The molecule has 0 unspecified atom stereocenters. The van der Waals surface area contributed by atoms with Crippen LogP contribution < -0.4 is 0 Å². The van der Waals surface area contributed by atoms with Crippen LogP contribution in [0.3, 0.4) is 0 Å². The maximum absolute atomic E-state index is 13.9. The van der Waals surface area contributed by atoms with Crippen molar-refractivity contribution in [1.82, 2.24) is 9.55 Å². The molecule has 2 aromatic carbocycles. The highest BCUT2D eigenvalue weighted by atomic mass is 35.5. The van der Waals surface area contributed by atoms with Crippen molar-refractivity contribution >= 4 is 34.9 Å². The number of hydrogen-bond donors (Lipinski definition) is 1. The Morgan fingerprint density at radius 1 is 1.05 bits per heavy atom. The molecule has 0 spiro atoms. The summed E-state index contributed by atoms with van der Waals surface area (Å²) in [5.74, 6) is -6.14. The van der Waals surface area contributed by atoms with E-state index in [1.807, 2.05) is 0 Å². The molecule has 3 rings (SSSR count). The lowest BCUT2D eigenvalue weighted by Gasteiger charge is -2.09. The second kappa shape index (κ2) is 4.85. The van der Waals surface area contributed by atoms with Gasteiger partial charge in [-0.25, -0.2) is 17.6 Å². The van der Waals surface area contributed by atoms with E-state index in [1.54, 1.807) is 12.1 Å². The lowest BCUT2D eigenvalue weighted by Crippen LogP contribution is -2.06. The molecule has 0 atom stereocenters. The van der Waals surface area contributed by atoms with Gasteiger partial charge in [-0.05, 0) is 24.4 Å². The summed E-state index contributed by atoms with van der Waals surface area (Å²) in [7, 11) is 0. The van der Waals surface area contributed by atoms with Gasteiger partial charge in [0.1, 0.15) is 5.69 Å². The molecule has 0 fully saturated rings. The van der Waals surface area contributed by atoms with E-state index >= 15 is 0 Å². The lowest BCUT2D eigenvalue weighted by molar-refractivity contribution is 0.448. The van der Waals surface area contributed by atoms with E-state index in [4.69, 9.17) is 23.8 Å². The summed E-state index contributed by atoms with van der Waals surface area (Å²) in [6, 6.07) is 4.76. The summed E-state index contributed by atoms with van der Waals surface area (Å²) in [5.41, 5.74) is -0.431. The number of nitrogens with zero attached hydrogens (tertiary/aromatic N) is 1. The smallest absolute Gasteiger partial charge is 0.186 e. The van der Waals surface area contributed by atoms with Crippen LogP contribution in [0.15, 0.2) is 24.3 Å². The first-order chi connectivity index (χ1) is 9.91. The van der Waals surface area contributed by atoms with Crippen LogP contribution in [0.2, 0.25) is 5.02 Å². The average Bonchev–Trinajstić information content (AvgIpc) is 2.75. The molecule has 0 aliphatic heterocycles. The normalized spacial score (nSPS) is 11.3. The highest BCUT2D eigenvalue weighted by Crippen LogP contribution is 2.30. The highest BCUT2D eigenvalue weighted by molar-refractivity contribution is 7.71. The first-order valence-electron chi connectivity index (χ1n) is 5.64. The number of halogens is 5. The quantitative estimate of drug-likeness (QED) is 0.382. The highest BCUT2D eigenvalue weighted by Gasteiger charge is 2.23. The van der Waals surface area contributed by atoms with Crippen molar-refractivity contribution in [2.75, 3.05) is 0 Å². The number of benzene rings is 2. The van der Waals surface area contributed by atoms with Crippen LogP contribution in [0, 0.1) is 28.0 Å². The Kier molecular flexibility index (Phi) is 3.26. The van der Waals surface area contributed by atoms with Gasteiger partial charge in [0.15, 0.2) is 28.0 Å². The molecule has 1 heterocycles. The fraction of sp³-hybridized carbons (Fsp3) is 0. The van der Waals surface area contributed by atoms with Crippen molar-refractivity contribution in [2.24, 2.45) is 0 Å². The van der Waals surface area contributed by atoms with Gasteiger partial charge in [-0.3, -0.25) is 4.57 Å². The van der Waals surface area contributed by atoms with Gasteiger partial charge in [0, 0.05) is 6.07 Å². The molecule has 108 valence electrons. The van der Waals surface area contributed by atoms with Crippen LogP contribution in [0.1, 0.15) is 0 Å². The van der Waals surface area contributed by atoms with Crippen molar-refractivity contribution in [3.63, 3.8) is 0 Å². The number of rotatable bonds is 1. The van der Waals surface area contributed by atoms with Gasteiger partial charge in [0.25, 0.3) is 0 Å². The van der Waals surface area contributed by atoms with E-state index in [2.05, 4.69) is 4.98 Å². The van der Waals surface area contributed by atoms with Gasteiger partial charge in [0.05, 0.1) is 16.1 Å². The van der Waals surface area contributed by atoms with E-state index in [9.17, 15) is 17.6 Å². The van der Waals surface area contributed by atoms with Crippen molar-refractivity contribution < 1.29 is 17.6 Å². The van der Waals surface area contributed by atoms with Gasteiger partial charge in [-0.1, -0.05) is 17.7 Å². The number of fused-ring (bicyclic) bond motifs is 1. The summed E-state index contributed by atoms with van der Waals surface area (Å²) < 4.78 is 55.3. The van der Waals surface area contributed by atoms with Crippen molar-refractivity contribution in [2.45, 2.75) is 0 Å². The maximum Gasteiger partial charge on any atom is 0.186 e. The number of para-hydroxylation sites is 1. The van der Waals surface area contributed by atoms with Gasteiger partial charge in [0.2, 0.25) is 0 Å². The third-order valence-corrected chi connectivity index (χ3v) is 3.56. The molecule has 0 radical (unpaired) electrons. The maximum atomic E-state index is 13.9. The number of aromatic nitrogens is 2. The second-order valence-corrected chi connectivity index (χ2v) is 5.01. The van der Waals surface area contributed by atoms with Gasteiger partial charge < -0.3 is 4.98 Å². The first-order valence-corrected chi connectivity index (χ1v) is 6.43. The molecule has 8 heteroatoms. The van der Waals surface area contributed by atoms with E-state index in [0.29, 0.717) is 5.52 Å². The molecule has 0 amide bonds. The number of hydrogen-bond acceptors (Lipinski definition) is 1. The minimum atomic E-state index is -1.55. The standard InChI is InChI=1S/C13H5ClF4N2S/c14-5-2-1-3-8-11(5)20(13(21)19-8)12-9(17)6(15)4-7(16)10(12)18/h1-4H,(H,19,21). The molecule has 1 aromatic heterocycles. The Labute approximate surface area is 125 Å². The predicted molar refractivity (Wildman–Crippen MR) is 73.3 cm³/mol. The Hall–Kier alpha value is -1.86. The van der Waals surface area contributed by atoms with Crippen molar-refractivity contribution in [1.29, 1.82) is 0 Å². The van der Waals surface area contributed by atoms with Gasteiger partial charge in [-0.2, -0.15) is 0 Å². The minimum absolute atomic E-state index is 0.128. The Balaban J connectivity index is 2.53. The molecule has 0 aliphatic rings. The second-order valence-electron chi connectivity index (χ2n) is 4.22. The zero-order valence-electron chi connectivity index (χ0n) is 10.1. The third-order valence-electron chi connectivity index (χ3n) is 2.97. The molecule has 2 nitrogen and oxygen atoms in total. The predicted octanol–water partition coefficient (Wildman–Crippen LogP) is 4.90. The van der Waals surface area contributed by atoms with Gasteiger partial charge in [-0.15, -0.1) is 0 Å². The minimum Gasteiger partial charge on any atom is -0.330 e. The molecular weight excluding hydrogens is 328 g/mol. The lowest BCUT2D eigenvalue weighted by atomic mass is 10.2. The van der Waals surface area contributed by atoms with Crippen LogP contribution >= 0.6 is 23.8 Å². The monoisotopic (exact) mass is 332 g/mol. The van der Waals surface area contributed by atoms with Crippen LogP contribution in [-0.4, -0.2) is 9.55 Å². The van der Waals surface area contributed by atoms with E-state index in [1.165, 1.54) is 6.07 Å². The summed E-state index contributed by atoms with van der Waals surface area (Å²) in [5, 5.41) is 0.128.